The minimum atomic E-state index is -4.81. The predicted octanol–water partition coefficient (Wildman–Crippen LogP) is 2.58. The molecule has 3 rings (SSSR count). The summed E-state index contributed by atoms with van der Waals surface area (Å²) in [6.07, 6.45) is -3.48. The molecule has 0 atom stereocenters. The van der Waals surface area contributed by atoms with Gasteiger partial charge in [0.05, 0.1) is 11.9 Å². The molecule has 2 heterocycles. The monoisotopic (exact) mass is 311 g/mol. The van der Waals surface area contributed by atoms with Crippen molar-refractivity contribution in [1.82, 2.24) is 9.78 Å². The SMILES string of the molecule is CN1CCc2c1cccc2-n1ncc(C(=O)O)c1C(F)(F)F. The van der Waals surface area contributed by atoms with E-state index in [1.54, 1.807) is 6.07 Å². The van der Waals surface area contributed by atoms with Gasteiger partial charge in [0.2, 0.25) is 0 Å². The van der Waals surface area contributed by atoms with Crippen LogP contribution in [0.1, 0.15) is 21.6 Å². The highest BCUT2D eigenvalue weighted by atomic mass is 19.4. The molecule has 0 fully saturated rings. The van der Waals surface area contributed by atoms with E-state index < -0.39 is 23.4 Å². The standard InChI is InChI=1S/C14H12F3N3O2/c1-19-6-5-8-10(19)3-2-4-11(8)20-12(14(15,16)17)9(7-18-20)13(21)22/h2-4,7H,5-6H2,1H3,(H,21,22). The number of carboxylic acids is 1. The Kier molecular flexibility index (Phi) is 3.12. The number of halogens is 3. The van der Waals surface area contributed by atoms with Gasteiger partial charge in [0.15, 0.2) is 5.69 Å². The molecular formula is C14H12F3N3O2. The fourth-order valence-corrected chi connectivity index (χ4v) is 2.74. The van der Waals surface area contributed by atoms with Crippen LogP contribution in [-0.2, 0) is 12.6 Å². The van der Waals surface area contributed by atoms with E-state index in [9.17, 15) is 18.0 Å². The molecular weight excluding hydrogens is 299 g/mol. The number of hydrogen-bond acceptors (Lipinski definition) is 3. The summed E-state index contributed by atoms with van der Waals surface area (Å²) in [6, 6.07) is 4.98. The number of aromatic nitrogens is 2. The zero-order valence-electron chi connectivity index (χ0n) is 11.6. The van der Waals surface area contributed by atoms with Crippen molar-refractivity contribution in [3.63, 3.8) is 0 Å². The summed E-state index contributed by atoms with van der Waals surface area (Å²) in [6.45, 7) is 0.695. The molecule has 0 saturated heterocycles. The molecule has 0 saturated carbocycles. The Hall–Kier alpha value is -2.51. The van der Waals surface area contributed by atoms with E-state index >= 15 is 0 Å². The molecule has 1 aliphatic rings. The van der Waals surface area contributed by atoms with Gasteiger partial charge in [0.25, 0.3) is 0 Å². The van der Waals surface area contributed by atoms with Crippen molar-refractivity contribution in [2.45, 2.75) is 12.6 Å². The van der Waals surface area contributed by atoms with Crippen LogP contribution in [-0.4, -0.2) is 34.4 Å². The third-order valence-corrected chi connectivity index (χ3v) is 3.73. The first kappa shape index (κ1) is 14.4. The van der Waals surface area contributed by atoms with Crippen LogP contribution in [0.2, 0.25) is 0 Å². The molecule has 1 aromatic carbocycles. The lowest BCUT2D eigenvalue weighted by Gasteiger charge is -2.16. The number of fused-ring (bicyclic) bond motifs is 1. The summed E-state index contributed by atoms with van der Waals surface area (Å²) < 4.78 is 40.5. The van der Waals surface area contributed by atoms with Crippen LogP contribution in [0, 0.1) is 0 Å². The molecule has 0 bridgehead atoms. The first-order valence-corrected chi connectivity index (χ1v) is 6.52. The van der Waals surface area contributed by atoms with Crippen molar-refractivity contribution in [3.8, 4) is 5.69 Å². The van der Waals surface area contributed by atoms with Crippen LogP contribution in [0.3, 0.4) is 0 Å². The van der Waals surface area contributed by atoms with Crippen molar-refractivity contribution in [1.29, 1.82) is 0 Å². The van der Waals surface area contributed by atoms with Crippen molar-refractivity contribution >= 4 is 11.7 Å². The fraction of sp³-hybridized carbons (Fsp3) is 0.286. The number of hydrogen-bond donors (Lipinski definition) is 1. The minimum absolute atomic E-state index is 0.265. The van der Waals surface area contributed by atoms with Gasteiger partial charge < -0.3 is 10.0 Å². The van der Waals surface area contributed by atoms with Gasteiger partial charge in [0, 0.05) is 24.8 Å². The second-order valence-electron chi connectivity index (χ2n) is 5.07. The van der Waals surface area contributed by atoms with Gasteiger partial charge >= 0.3 is 12.1 Å². The van der Waals surface area contributed by atoms with Crippen LogP contribution in [0.4, 0.5) is 18.9 Å². The van der Waals surface area contributed by atoms with Crippen LogP contribution < -0.4 is 4.90 Å². The number of rotatable bonds is 2. The van der Waals surface area contributed by atoms with Crippen molar-refractivity contribution in [2.24, 2.45) is 0 Å². The van der Waals surface area contributed by atoms with Crippen LogP contribution in [0.5, 0.6) is 0 Å². The number of nitrogens with zero attached hydrogens (tertiary/aromatic N) is 3. The van der Waals surface area contributed by atoms with Crippen molar-refractivity contribution in [3.05, 3.63) is 41.2 Å². The predicted molar refractivity (Wildman–Crippen MR) is 72.5 cm³/mol. The molecule has 0 unspecified atom stereocenters. The zero-order chi connectivity index (χ0) is 16.1. The lowest BCUT2D eigenvalue weighted by Crippen LogP contribution is -2.18. The summed E-state index contributed by atoms with van der Waals surface area (Å²) in [5.41, 5.74) is -0.283. The molecule has 1 aromatic heterocycles. The molecule has 116 valence electrons. The van der Waals surface area contributed by atoms with Gasteiger partial charge in [-0.05, 0) is 18.6 Å². The number of aromatic carboxylic acids is 1. The normalized spacial score (nSPS) is 14.3. The first-order chi connectivity index (χ1) is 10.3. The molecule has 2 aromatic rings. The Balaban J connectivity index is 2.25. The Morgan fingerprint density at radius 2 is 2.00 bits per heavy atom. The van der Waals surface area contributed by atoms with Gasteiger partial charge in [-0.1, -0.05) is 6.07 Å². The fourth-order valence-electron chi connectivity index (χ4n) is 2.74. The molecule has 1 N–H and O–H groups in total. The van der Waals surface area contributed by atoms with E-state index in [-0.39, 0.29) is 5.69 Å². The summed E-state index contributed by atoms with van der Waals surface area (Å²) in [7, 11) is 1.85. The largest absolute Gasteiger partial charge is 0.478 e. The lowest BCUT2D eigenvalue weighted by molar-refractivity contribution is -0.143. The minimum Gasteiger partial charge on any atom is -0.478 e. The third kappa shape index (κ3) is 2.11. The van der Waals surface area contributed by atoms with E-state index in [1.807, 2.05) is 18.0 Å². The van der Waals surface area contributed by atoms with Crippen LogP contribution >= 0.6 is 0 Å². The molecule has 0 radical (unpaired) electrons. The maximum Gasteiger partial charge on any atom is 0.434 e. The summed E-state index contributed by atoms with van der Waals surface area (Å²) in [5, 5.41) is 12.6. The van der Waals surface area contributed by atoms with Crippen molar-refractivity contribution in [2.75, 3.05) is 18.5 Å². The highest BCUT2D eigenvalue weighted by molar-refractivity contribution is 5.89. The van der Waals surface area contributed by atoms with E-state index in [2.05, 4.69) is 5.10 Å². The Labute approximate surface area is 123 Å². The Morgan fingerprint density at radius 1 is 1.32 bits per heavy atom. The summed E-state index contributed by atoms with van der Waals surface area (Å²) in [5.74, 6) is -1.65. The Bertz CT molecular complexity index is 752. The van der Waals surface area contributed by atoms with Crippen molar-refractivity contribution < 1.29 is 23.1 Å². The maximum absolute atomic E-state index is 13.3. The topological polar surface area (TPSA) is 58.4 Å². The van der Waals surface area contributed by atoms with E-state index in [4.69, 9.17) is 5.11 Å². The van der Waals surface area contributed by atoms with Gasteiger partial charge in [-0.25, -0.2) is 9.48 Å². The van der Waals surface area contributed by atoms with Gasteiger partial charge in [-0.15, -0.1) is 0 Å². The van der Waals surface area contributed by atoms with Gasteiger partial charge in [0.1, 0.15) is 5.56 Å². The number of carbonyl (C=O) groups is 1. The smallest absolute Gasteiger partial charge is 0.434 e. The van der Waals surface area contributed by atoms with Crippen LogP contribution in [0.25, 0.3) is 5.69 Å². The third-order valence-electron chi connectivity index (χ3n) is 3.73. The first-order valence-electron chi connectivity index (χ1n) is 6.52. The zero-order valence-corrected chi connectivity index (χ0v) is 11.6. The Morgan fingerprint density at radius 3 is 2.64 bits per heavy atom. The molecule has 0 amide bonds. The molecule has 0 spiro atoms. The second-order valence-corrected chi connectivity index (χ2v) is 5.07. The number of anilines is 1. The van der Waals surface area contributed by atoms with Gasteiger partial charge in [-0.2, -0.15) is 18.3 Å². The maximum atomic E-state index is 13.3. The van der Waals surface area contributed by atoms with E-state index in [0.717, 1.165) is 17.4 Å². The number of benzene rings is 1. The average molecular weight is 311 g/mol. The molecule has 5 nitrogen and oxygen atoms in total. The molecule has 0 aliphatic carbocycles. The highest BCUT2D eigenvalue weighted by Gasteiger charge is 2.41. The summed E-state index contributed by atoms with van der Waals surface area (Å²) >= 11 is 0. The summed E-state index contributed by atoms with van der Waals surface area (Å²) in [4.78, 5) is 13.0. The number of alkyl halides is 3. The average Bonchev–Trinajstić information content (AvgIpc) is 3.02. The highest BCUT2D eigenvalue weighted by Crippen LogP contribution is 2.37. The molecule has 8 heteroatoms. The number of carboxylic acid groups (broad SMARTS) is 1. The second kappa shape index (κ2) is 4.75. The molecule has 1 aliphatic heterocycles. The van der Waals surface area contributed by atoms with E-state index in [1.165, 1.54) is 6.07 Å². The van der Waals surface area contributed by atoms with Gasteiger partial charge in [-0.3, -0.25) is 0 Å². The van der Waals surface area contributed by atoms with Crippen LogP contribution in [0.15, 0.2) is 24.4 Å². The number of likely N-dealkylation sites (N-methyl/N-ethyl adjacent to an activating group) is 1. The molecule has 22 heavy (non-hydrogen) atoms. The lowest BCUT2D eigenvalue weighted by atomic mass is 10.1. The quantitative estimate of drug-likeness (QED) is 0.926. The van der Waals surface area contributed by atoms with E-state index in [0.29, 0.717) is 17.6 Å².